The van der Waals surface area contributed by atoms with Gasteiger partial charge in [0.05, 0.1) is 31.2 Å². The van der Waals surface area contributed by atoms with E-state index in [1.807, 2.05) is 6.92 Å². The van der Waals surface area contributed by atoms with Crippen LogP contribution in [-0.4, -0.2) is 41.6 Å². The molecule has 1 atom stereocenters. The van der Waals surface area contributed by atoms with Crippen molar-refractivity contribution in [1.82, 2.24) is 14.5 Å². The monoisotopic (exact) mass is 415 g/mol. The smallest absolute Gasteiger partial charge is 0.261 e. The normalized spacial score (nSPS) is 11.9. The Hall–Kier alpha value is -3.06. The van der Waals surface area contributed by atoms with Gasteiger partial charge in [-0.3, -0.25) is 14.2 Å². The van der Waals surface area contributed by atoms with Crippen LogP contribution in [-0.2, 0) is 7.05 Å². The minimum atomic E-state index is -0.472. The molecule has 1 unspecified atom stereocenters. The number of fused-ring (bicyclic) bond motifs is 1. The van der Waals surface area contributed by atoms with Crippen LogP contribution in [0.4, 0.5) is 0 Å². The zero-order valence-electron chi connectivity index (χ0n) is 16.9. The summed E-state index contributed by atoms with van der Waals surface area (Å²) in [6, 6.07) is 9.45. The second-order valence-corrected chi connectivity index (χ2v) is 7.13. The summed E-state index contributed by atoms with van der Waals surface area (Å²) >= 11 is 6.06. The van der Waals surface area contributed by atoms with Gasteiger partial charge in [-0.25, -0.2) is 4.98 Å². The van der Waals surface area contributed by atoms with E-state index >= 15 is 0 Å². The summed E-state index contributed by atoms with van der Waals surface area (Å²) in [6.07, 6.45) is 0. The third-order valence-corrected chi connectivity index (χ3v) is 5.18. The Bertz CT molecular complexity index is 1120. The Kier molecular flexibility index (Phi) is 5.79. The zero-order chi connectivity index (χ0) is 21.3. The zero-order valence-corrected chi connectivity index (χ0v) is 17.6. The highest BCUT2D eigenvalue weighted by Gasteiger charge is 2.24. The van der Waals surface area contributed by atoms with Gasteiger partial charge in [-0.1, -0.05) is 11.6 Å². The van der Waals surface area contributed by atoms with Crippen LogP contribution in [0.3, 0.4) is 0 Å². The predicted octanol–water partition coefficient (Wildman–Crippen LogP) is 3.44. The molecule has 1 amide bonds. The van der Waals surface area contributed by atoms with Gasteiger partial charge in [0, 0.05) is 30.7 Å². The number of ether oxygens (including phenoxy) is 2. The minimum Gasteiger partial charge on any atom is -0.497 e. The van der Waals surface area contributed by atoms with Crippen molar-refractivity contribution >= 4 is 28.4 Å². The maximum absolute atomic E-state index is 13.1. The lowest BCUT2D eigenvalue weighted by atomic mass is 10.1. The van der Waals surface area contributed by atoms with Crippen LogP contribution in [0.2, 0.25) is 5.02 Å². The highest BCUT2D eigenvalue weighted by atomic mass is 35.5. The van der Waals surface area contributed by atoms with E-state index in [0.717, 1.165) is 0 Å². The molecule has 0 saturated carbocycles. The number of rotatable bonds is 5. The summed E-state index contributed by atoms with van der Waals surface area (Å²) in [7, 11) is 6.35. The van der Waals surface area contributed by atoms with E-state index in [-0.39, 0.29) is 11.5 Å². The Morgan fingerprint density at radius 3 is 2.34 bits per heavy atom. The molecule has 0 spiro atoms. The Morgan fingerprint density at radius 2 is 1.76 bits per heavy atom. The lowest BCUT2D eigenvalue weighted by Crippen LogP contribution is -2.34. The second kappa shape index (κ2) is 8.13. The van der Waals surface area contributed by atoms with Crippen LogP contribution in [0.1, 0.15) is 29.1 Å². The maximum Gasteiger partial charge on any atom is 0.261 e. The van der Waals surface area contributed by atoms with Crippen LogP contribution in [0.5, 0.6) is 11.5 Å². The number of aromatic nitrogens is 2. The van der Waals surface area contributed by atoms with Gasteiger partial charge >= 0.3 is 0 Å². The number of amides is 1. The van der Waals surface area contributed by atoms with E-state index in [9.17, 15) is 9.59 Å². The number of methoxy groups -OCH3 is 2. The van der Waals surface area contributed by atoms with Gasteiger partial charge in [0.25, 0.3) is 11.5 Å². The lowest BCUT2D eigenvalue weighted by molar-refractivity contribution is 0.0733. The highest BCUT2D eigenvalue weighted by molar-refractivity contribution is 6.31. The molecule has 3 rings (SSSR count). The number of benzene rings is 2. The molecule has 2 aromatic carbocycles. The molecule has 0 aliphatic rings. The minimum absolute atomic E-state index is 0.197. The summed E-state index contributed by atoms with van der Waals surface area (Å²) < 4.78 is 11.9. The summed E-state index contributed by atoms with van der Waals surface area (Å²) in [4.78, 5) is 31.9. The molecule has 3 aromatic rings. The second-order valence-electron chi connectivity index (χ2n) is 6.69. The van der Waals surface area contributed by atoms with Crippen molar-refractivity contribution in [2.75, 3.05) is 21.3 Å². The van der Waals surface area contributed by atoms with Gasteiger partial charge in [0.15, 0.2) is 0 Å². The molecule has 0 N–H and O–H groups in total. The third kappa shape index (κ3) is 3.91. The van der Waals surface area contributed by atoms with E-state index < -0.39 is 6.04 Å². The molecular weight excluding hydrogens is 394 g/mol. The summed E-state index contributed by atoms with van der Waals surface area (Å²) in [6.45, 7) is 1.81. The number of hydrogen-bond donors (Lipinski definition) is 0. The van der Waals surface area contributed by atoms with Crippen molar-refractivity contribution in [3.8, 4) is 11.5 Å². The molecule has 0 saturated heterocycles. The van der Waals surface area contributed by atoms with Crippen LogP contribution in [0.15, 0.2) is 41.2 Å². The van der Waals surface area contributed by atoms with Gasteiger partial charge in [-0.2, -0.15) is 0 Å². The fourth-order valence-electron chi connectivity index (χ4n) is 3.12. The van der Waals surface area contributed by atoms with E-state index in [0.29, 0.717) is 38.8 Å². The standard InChI is InChI=1S/C21H22ClN3O4/c1-12(19-23-18-10-14(22)6-7-17(18)21(27)25(19)3)24(2)20(26)13-8-15(28-4)11-16(9-13)29-5/h6-12H,1-5H3. The third-order valence-electron chi connectivity index (χ3n) is 4.95. The first kappa shape index (κ1) is 20.7. The van der Waals surface area contributed by atoms with Crippen molar-refractivity contribution in [1.29, 1.82) is 0 Å². The molecule has 152 valence electrons. The molecule has 0 bridgehead atoms. The fourth-order valence-corrected chi connectivity index (χ4v) is 3.28. The number of halogens is 1. The van der Waals surface area contributed by atoms with Crippen LogP contribution < -0.4 is 15.0 Å². The number of hydrogen-bond acceptors (Lipinski definition) is 5. The van der Waals surface area contributed by atoms with E-state index in [4.69, 9.17) is 21.1 Å². The molecule has 1 aromatic heterocycles. The fraction of sp³-hybridized carbons (Fsp3) is 0.286. The molecule has 7 nitrogen and oxygen atoms in total. The van der Waals surface area contributed by atoms with Gasteiger partial charge in [-0.05, 0) is 37.3 Å². The molecule has 1 heterocycles. The van der Waals surface area contributed by atoms with Crippen molar-refractivity contribution in [2.24, 2.45) is 7.05 Å². The predicted molar refractivity (Wildman–Crippen MR) is 112 cm³/mol. The molecule has 29 heavy (non-hydrogen) atoms. The van der Waals surface area contributed by atoms with Gasteiger partial charge in [0.2, 0.25) is 0 Å². The summed E-state index contributed by atoms with van der Waals surface area (Å²) in [5.41, 5.74) is 0.702. The molecule has 0 aliphatic heterocycles. The van der Waals surface area contributed by atoms with Crippen LogP contribution >= 0.6 is 11.6 Å². The highest BCUT2D eigenvalue weighted by Crippen LogP contribution is 2.26. The first-order valence-corrected chi connectivity index (χ1v) is 9.31. The van der Waals surface area contributed by atoms with Crippen molar-refractivity contribution < 1.29 is 14.3 Å². The van der Waals surface area contributed by atoms with Crippen LogP contribution in [0.25, 0.3) is 10.9 Å². The number of carbonyl (C=O) groups is 1. The first-order chi connectivity index (χ1) is 13.8. The molecule has 8 heteroatoms. The van der Waals surface area contributed by atoms with E-state index in [1.165, 1.54) is 23.7 Å². The lowest BCUT2D eigenvalue weighted by Gasteiger charge is -2.26. The molecule has 0 radical (unpaired) electrons. The van der Waals surface area contributed by atoms with Crippen LogP contribution in [0, 0.1) is 0 Å². The van der Waals surface area contributed by atoms with E-state index in [2.05, 4.69) is 4.98 Å². The summed E-state index contributed by atoms with van der Waals surface area (Å²) in [5, 5.41) is 0.962. The van der Waals surface area contributed by atoms with Crippen molar-refractivity contribution in [3.63, 3.8) is 0 Å². The van der Waals surface area contributed by atoms with Gasteiger partial charge in [-0.15, -0.1) is 0 Å². The quantitative estimate of drug-likeness (QED) is 0.638. The topological polar surface area (TPSA) is 73.7 Å². The average molecular weight is 416 g/mol. The number of carbonyl (C=O) groups excluding carboxylic acids is 1. The largest absolute Gasteiger partial charge is 0.497 e. The Morgan fingerprint density at radius 1 is 1.14 bits per heavy atom. The van der Waals surface area contributed by atoms with Gasteiger partial charge < -0.3 is 14.4 Å². The Labute approximate surface area is 173 Å². The van der Waals surface area contributed by atoms with Crippen molar-refractivity contribution in [2.45, 2.75) is 13.0 Å². The first-order valence-electron chi connectivity index (χ1n) is 8.93. The van der Waals surface area contributed by atoms with E-state index in [1.54, 1.807) is 50.5 Å². The van der Waals surface area contributed by atoms with Crippen molar-refractivity contribution in [3.05, 3.63) is 63.2 Å². The average Bonchev–Trinajstić information content (AvgIpc) is 2.73. The maximum atomic E-state index is 13.1. The number of nitrogens with zero attached hydrogens (tertiary/aromatic N) is 3. The molecule has 0 aliphatic carbocycles. The Balaban J connectivity index is 2.02. The SMILES string of the molecule is COc1cc(OC)cc(C(=O)N(C)C(C)c2nc3cc(Cl)ccc3c(=O)n2C)c1. The van der Waals surface area contributed by atoms with Gasteiger partial charge in [0.1, 0.15) is 17.3 Å². The summed E-state index contributed by atoms with van der Waals surface area (Å²) in [5.74, 6) is 1.23. The molecular formula is C21H22ClN3O4. The molecule has 0 fully saturated rings.